The molecule has 0 fully saturated rings. The first kappa shape index (κ1) is 10.9. The molecule has 0 saturated carbocycles. The molecule has 2 nitrogen and oxygen atoms in total. The summed E-state index contributed by atoms with van der Waals surface area (Å²) >= 11 is 0. The van der Waals surface area contributed by atoms with E-state index in [1.165, 1.54) is 6.92 Å². The van der Waals surface area contributed by atoms with Crippen molar-refractivity contribution in [2.45, 2.75) is 6.92 Å². The van der Waals surface area contributed by atoms with Crippen molar-refractivity contribution >= 4 is 18.4 Å². The molecular formula is C6H7ClO2. The molecule has 0 saturated heterocycles. The summed E-state index contributed by atoms with van der Waals surface area (Å²) in [6, 6.07) is 0. The van der Waals surface area contributed by atoms with Crippen molar-refractivity contribution in [2.24, 2.45) is 0 Å². The first-order chi connectivity index (χ1) is 3.77. The highest BCUT2D eigenvalue weighted by molar-refractivity contribution is 5.85. The number of carbonyl (C=O) groups is 1. The number of rotatable bonds is 1. The molecule has 0 unspecified atom stereocenters. The van der Waals surface area contributed by atoms with E-state index in [0.717, 1.165) is 6.26 Å². The van der Waals surface area contributed by atoms with Gasteiger partial charge in [0.05, 0.1) is 0 Å². The molecule has 0 aromatic rings. The van der Waals surface area contributed by atoms with Crippen LogP contribution in [-0.2, 0) is 9.53 Å². The lowest BCUT2D eigenvalue weighted by molar-refractivity contribution is -0.135. The molecule has 0 bridgehead atoms. The van der Waals surface area contributed by atoms with E-state index in [0.29, 0.717) is 0 Å². The van der Waals surface area contributed by atoms with Crippen LogP contribution in [0.5, 0.6) is 0 Å². The van der Waals surface area contributed by atoms with Gasteiger partial charge in [-0.15, -0.1) is 12.4 Å². The van der Waals surface area contributed by atoms with Crippen LogP contribution in [0.2, 0.25) is 0 Å². The van der Waals surface area contributed by atoms with Gasteiger partial charge >= 0.3 is 5.97 Å². The molecule has 50 valence electrons. The average molecular weight is 147 g/mol. The Morgan fingerprint density at radius 2 is 2.33 bits per heavy atom. The van der Waals surface area contributed by atoms with Crippen LogP contribution >= 0.6 is 12.4 Å². The Kier molecular flexibility index (Phi) is 8.58. The number of hydrogen-bond acceptors (Lipinski definition) is 2. The standard InChI is InChI=1S/C6H6O2.ClH/c1-3-4-5-8-6(2)7;/h5H,1H2,2H3;1H. The first-order valence-corrected chi connectivity index (χ1v) is 2.04. The lowest BCUT2D eigenvalue weighted by Crippen LogP contribution is -1.87. The zero-order chi connectivity index (χ0) is 6.41. The smallest absolute Gasteiger partial charge is 0.308 e. The van der Waals surface area contributed by atoms with Crippen molar-refractivity contribution in [3.8, 4) is 0 Å². The minimum absolute atomic E-state index is 0. The summed E-state index contributed by atoms with van der Waals surface area (Å²) in [5, 5.41) is 0. The molecule has 0 spiro atoms. The molecule has 3 heteroatoms. The fourth-order valence-electron chi connectivity index (χ4n) is 0.154. The van der Waals surface area contributed by atoms with Gasteiger partial charge < -0.3 is 4.74 Å². The fourth-order valence-corrected chi connectivity index (χ4v) is 0.154. The van der Waals surface area contributed by atoms with Gasteiger partial charge in [-0.3, -0.25) is 4.79 Å². The molecule has 0 aliphatic heterocycles. The van der Waals surface area contributed by atoms with Crippen LogP contribution in [-0.4, -0.2) is 5.97 Å². The van der Waals surface area contributed by atoms with Crippen LogP contribution in [0.25, 0.3) is 0 Å². The topological polar surface area (TPSA) is 26.3 Å². The summed E-state index contributed by atoms with van der Waals surface area (Å²) in [4.78, 5) is 9.98. The van der Waals surface area contributed by atoms with Gasteiger partial charge in [-0.25, -0.2) is 0 Å². The maximum atomic E-state index is 9.98. The number of halogens is 1. The van der Waals surface area contributed by atoms with Crippen LogP contribution < -0.4 is 0 Å². The van der Waals surface area contributed by atoms with E-state index in [2.05, 4.69) is 22.8 Å². The molecule has 0 heterocycles. The van der Waals surface area contributed by atoms with E-state index in [-0.39, 0.29) is 18.4 Å². The Morgan fingerprint density at radius 1 is 1.78 bits per heavy atom. The maximum Gasteiger partial charge on any atom is 0.308 e. The SMILES string of the molecule is C=C=C=COC(C)=O.Cl. The Labute approximate surface area is 59.9 Å². The van der Waals surface area contributed by atoms with Gasteiger partial charge in [-0.1, -0.05) is 5.73 Å². The van der Waals surface area contributed by atoms with E-state index in [9.17, 15) is 4.79 Å². The summed E-state index contributed by atoms with van der Waals surface area (Å²) in [7, 11) is 0. The van der Waals surface area contributed by atoms with Crippen molar-refractivity contribution in [3.63, 3.8) is 0 Å². The molecule has 0 N–H and O–H groups in total. The number of hydrogen-bond donors (Lipinski definition) is 0. The van der Waals surface area contributed by atoms with Gasteiger partial charge in [0, 0.05) is 6.92 Å². The summed E-state index contributed by atoms with van der Waals surface area (Å²) < 4.78 is 4.30. The Hall–Kier alpha value is -0.940. The molecule has 9 heavy (non-hydrogen) atoms. The zero-order valence-corrected chi connectivity index (χ0v) is 5.83. The molecule has 0 aliphatic rings. The summed E-state index contributed by atoms with van der Waals surface area (Å²) in [5.41, 5.74) is 4.64. The Morgan fingerprint density at radius 3 is 2.67 bits per heavy atom. The minimum atomic E-state index is -0.368. The third-order valence-corrected chi connectivity index (χ3v) is 0.386. The van der Waals surface area contributed by atoms with Gasteiger partial charge in [0.15, 0.2) is 0 Å². The third-order valence-electron chi connectivity index (χ3n) is 0.386. The van der Waals surface area contributed by atoms with Gasteiger partial charge in [0.25, 0.3) is 0 Å². The van der Waals surface area contributed by atoms with Gasteiger partial charge in [-0.2, -0.15) is 0 Å². The van der Waals surface area contributed by atoms with E-state index in [4.69, 9.17) is 0 Å². The first-order valence-electron chi connectivity index (χ1n) is 2.04. The summed E-state index contributed by atoms with van der Waals surface area (Å²) in [6.45, 7) is 4.51. The van der Waals surface area contributed by atoms with E-state index in [1.807, 2.05) is 0 Å². The minimum Gasteiger partial charge on any atom is -0.425 e. The van der Waals surface area contributed by atoms with E-state index < -0.39 is 0 Å². The molecular weight excluding hydrogens is 140 g/mol. The molecule has 0 aliphatic carbocycles. The maximum absolute atomic E-state index is 9.98. The van der Waals surface area contributed by atoms with Crippen LogP contribution in [0, 0.1) is 0 Å². The Bertz CT molecular complexity index is 162. The van der Waals surface area contributed by atoms with Crippen molar-refractivity contribution in [1.82, 2.24) is 0 Å². The second kappa shape index (κ2) is 7.06. The van der Waals surface area contributed by atoms with Gasteiger partial charge in [-0.05, 0) is 12.3 Å². The van der Waals surface area contributed by atoms with Crippen molar-refractivity contribution in [2.75, 3.05) is 0 Å². The Balaban J connectivity index is 0. The van der Waals surface area contributed by atoms with Gasteiger partial charge in [0.2, 0.25) is 0 Å². The van der Waals surface area contributed by atoms with Gasteiger partial charge in [0.1, 0.15) is 6.26 Å². The van der Waals surface area contributed by atoms with Crippen LogP contribution in [0.3, 0.4) is 0 Å². The highest BCUT2D eigenvalue weighted by atomic mass is 35.5. The lowest BCUT2D eigenvalue weighted by atomic mass is 10.8. The van der Waals surface area contributed by atoms with Crippen molar-refractivity contribution < 1.29 is 9.53 Å². The number of ether oxygens (including phenoxy) is 1. The van der Waals surface area contributed by atoms with E-state index in [1.54, 1.807) is 0 Å². The predicted molar refractivity (Wildman–Crippen MR) is 36.2 cm³/mol. The molecule has 0 atom stereocenters. The number of esters is 1. The number of carbonyl (C=O) groups excluding carboxylic acids is 1. The third kappa shape index (κ3) is 11.0. The highest BCUT2D eigenvalue weighted by Crippen LogP contribution is 1.72. The molecule has 0 radical (unpaired) electrons. The summed E-state index contributed by atoms with van der Waals surface area (Å²) in [6.07, 6.45) is 1.11. The van der Waals surface area contributed by atoms with Crippen molar-refractivity contribution in [1.29, 1.82) is 0 Å². The molecule has 0 aromatic heterocycles. The lowest BCUT2D eigenvalue weighted by Gasteiger charge is -1.82. The van der Waals surface area contributed by atoms with Crippen LogP contribution in [0.15, 0.2) is 24.3 Å². The van der Waals surface area contributed by atoms with Crippen LogP contribution in [0.1, 0.15) is 6.92 Å². The highest BCUT2D eigenvalue weighted by Gasteiger charge is 1.80. The van der Waals surface area contributed by atoms with E-state index >= 15 is 0 Å². The summed E-state index contributed by atoms with van der Waals surface area (Å²) in [5.74, 6) is -0.368. The second-order valence-corrected chi connectivity index (χ2v) is 1.05. The second-order valence-electron chi connectivity index (χ2n) is 1.05. The average Bonchev–Trinajstić information content (AvgIpc) is 1.66. The normalized spacial score (nSPS) is 5.44. The zero-order valence-electron chi connectivity index (χ0n) is 5.01. The van der Waals surface area contributed by atoms with Crippen LogP contribution in [0.4, 0.5) is 0 Å². The van der Waals surface area contributed by atoms with Crippen molar-refractivity contribution in [3.05, 3.63) is 24.3 Å². The fraction of sp³-hybridized carbons (Fsp3) is 0.167. The monoisotopic (exact) mass is 146 g/mol. The largest absolute Gasteiger partial charge is 0.425 e. The molecule has 0 rings (SSSR count). The quantitative estimate of drug-likeness (QED) is 0.318. The predicted octanol–water partition coefficient (Wildman–Crippen LogP) is 1.42. The molecule has 0 aromatic carbocycles. The molecule has 0 amide bonds.